The second-order valence-electron chi connectivity index (χ2n) is 2.69. The van der Waals surface area contributed by atoms with E-state index in [4.69, 9.17) is 10.2 Å². The molecule has 0 saturated carbocycles. The van der Waals surface area contributed by atoms with Gasteiger partial charge in [0.15, 0.2) is 0 Å². The number of aromatic nitrogens is 3. The fourth-order valence-electron chi connectivity index (χ4n) is 0.929. The summed E-state index contributed by atoms with van der Waals surface area (Å²) in [6.45, 7) is 0.655. The van der Waals surface area contributed by atoms with Gasteiger partial charge in [-0.1, -0.05) is 5.21 Å². The summed E-state index contributed by atoms with van der Waals surface area (Å²) in [5.41, 5.74) is 0.653. The third kappa shape index (κ3) is 3.50. The van der Waals surface area contributed by atoms with Crippen LogP contribution in [0, 0.1) is 0 Å². The number of aliphatic hydroxyl groups is 1. The predicted octanol–water partition coefficient (Wildman–Crippen LogP) is -1.56. The highest BCUT2D eigenvalue weighted by Crippen LogP contribution is 1.91. The van der Waals surface area contributed by atoms with Gasteiger partial charge in [-0.15, -0.1) is 5.10 Å². The number of nitrogens with one attached hydrogen (secondary N) is 1. The summed E-state index contributed by atoms with van der Waals surface area (Å²) in [6.07, 6.45) is 1.66. The molecule has 1 heterocycles. The first-order valence-corrected chi connectivity index (χ1v) is 4.14. The van der Waals surface area contributed by atoms with E-state index in [0.29, 0.717) is 18.8 Å². The first-order chi connectivity index (χ1) is 6.72. The summed E-state index contributed by atoms with van der Waals surface area (Å²) >= 11 is 0. The molecule has 0 radical (unpaired) electrons. The zero-order valence-electron chi connectivity index (χ0n) is 7.55. The van der Waals surface area contributed by atoms with E-state index in [1.807, 2.05) is 0 Å². The standard InChI is InChI=1S/C7H12N4O3/c12-2-1-11-5-6(9-10-11)3-8-4-7(13)14/h5,8,12H,1-4H2,(H,13,14). The number of carbonyl (C=O) groups is 1. The molecule has 0 aliphatic carbocycles. The van der Waals surface area contributed by atoms with E-state index >= 15 is 0 Å². The molecule has 0 aliphatic heterocycles. The SMILES string of the molecule is O=C(O)CNCc1cn(CCO)nn1. The number of nitrogens with zero attached hydrogens (tertiary/aromatic N) is 3. The van der Waals surface area contributed by atoms with Crippen molar-refractivity contribution >= 4 is 5.97 Å². The number of hydrogen-bond acceptors (Lipinski definition) is 5. The maximum Gasteiger partial charge on any atom is 0.317 e. The highest BCUT2D eigenvalue weighted by atomic mass is 16.4. The van der Waals surface area contributed by atoms with Crippen molar-refractivity contribution in [2.45, 2.75) is 13.1 Å². The summed E-state index contributed by atoms with van der Waals surface area (Å²) in [6, 6.07) is 0. The highest BCUT2D eigenvalue weighted by molar-refractivity contribution is 5.68. The molecule has 3 N–H and O–H groups in total. The van der Waals surface area contributed by atoms with Crippen LogP contribution >= 0.6 is 0 Å². The fourth-order valence-corrected chi connectivity index (χ4v) is 0.929. The van der Waals surface area contributed by atoms with Gasteiger partial charge in [0.1, 0.15) is 0 Å². The van der Waals surface area contributed by atoms with E-state index in [1.165, 1.54) is 4.68 Å². The van der Waals surface area contributed by atoms with E-state index in [-0.39, 0.29) is 13.2 Å². The lowest BCUT2D eigenvalue weighted by Crippen LogP contribution is -2.22. The van der Waals surface area contributed by atoms with Crippen LogP contribution in [0.2, 0.25) is 0 Å². The van der Waals surface area contributed by atoms with Gasteiger partial charge in [-0.05, 0) is 0 Å². The predicted molar refractivity (Wildman–Crippen MR) is 46.5 cm³/mol. The number of aliphatic carboxylic acids is 1. The molecule has 1 aromatic rings. The number of aliphatic hydroxyl groups excluding tert-OH is 1. The maximum absolute atomic E-state index is 10.2. The van der Waals surface area contributed by atoms with Crippen molar-refractivity contribution in [1.82, 2.24) is 20.3 Å². The minimum absolute atomic E-state index is 0.00531. The van der Waals surface area contributed by atoms with Gasteiger partial charge in [0.05, 0.1) is 25.4 Å². The third-order valence-electron chi connectivity index (χ3n) is 1.50. The molecule has 0 bridgehead atoms. The largest absolute Gasteiger partial charge is 0.480 e. The topological polar surface area (TPSA) is 100 Å². The first kappa shape index (κ1) is 10.6. The molecule has 78 valence electrons. The van der Waals surface area contributed by atoms with Gasteiger partial charge in [0.25, 0.3) is 0 Å². The number of hydrogen-bond donors (Lipinski definition) is 3. The summed E-state index contributed by atoms with van der Waals surface area (Å²) < 4.78 is 1.50. The second kappa shape index (κ2) is 5.30. The first-order valence-electron chi connectivity index (χ1n) is 4.14. The number of rotatable bonds is 6. The fraction of sp³-hybridized carbons (Fsp3) is 0.571. The van der Waals surface area contributed by atoms with Crippen LogP contribution in [0.4, 0.5) is 0 Å². The molecule has 1 rings (SSSR count). The van der Waals surface area contributed by atoms with Gasteiger partial charge in [0.2, 0.25) is 0 Å². The molecule has 0 fully saturated rings. The Balaban J connectivity index is 2.32. The Kier molecular flexibility index (Phi) is 4.02. The summed E-state index contributed by atoms with van der Waals surface area (Å²) in [5, 5.41) is 27.1. The van der Waals surface area contributed by atoms with Gasteiger partial charge < -0.3 is 15.5 Å². The number of carboxylic acid groups (broad SMARTS) is 1. The van der Waals surface area contributed by atoms with Crippen LogP contribution < -0.4 is 5.32 Å². The molecular formula is C7H12N4O3. The molecular weight excluding hydrogens is 188 g/mol. The van der Waals surface area contributed by atoms with Gasteiger partial charge in [-0.2, -0.15) is 0 Å². The molecule has 7 nitrogen and oxygen atoms in total. The molecule has 14 heavy (non-hydrogen) atoms. The van der Waals surface area contributed by atoms with Crippen LogP contribution in [-0.4, -0.2) is 44.3 Å². The molecule has 0 aliphatic rings. The minimum atomic E-state index is -0.909. The van der Waals surface area contributed by atoms with E-state index in [0.717, 1.165) is 0 Å². The van der Waals surface area contributed by atoms with Crippen molar-refractivity contribution in [2.75, 3.05) is 13.2 Å². The van der Waals surface area contributed by atoms with Gasteiger partial charge in [-0.25, -0.2) is 4.68 Å². The lowest BCUT2D eigenvalue weighted by Gasteiger charge is -1.96. The van der Waals surface area contributed by atoms with Crippen molar-refractivity contribution in [2.24, 2.45) is 0 Å². The molecule has 0 atom stereocenters. The van der Waals surface area contributed by atoms with Crippen molar-refractivity contribution in [3.8, 4) is 0 Å². The van der Waals surface area contributed by atoms with Crippen LogP contribution in [0.25, 0.3) is 0 Å². The van der Waals surface area contributed by atoms with Crippen LogP contribution in [0.3, 0.4) is 0 Å². The van der Waals surface area contributed by atoms with Crippen molar-refractivity contribution in [3.63, 3.8) is 0 Å². The van der Waals surface area contributed by atoms with Crippen molar-refractivity contribution < 1.29 is 15.0 Å². The Labute approximate surface area is 80.4 Å². The summed E-state index contributed by atoms with van der Waals surface area (Å²) in [7, 11) is 0. The van der Waals surface area contributed by atoms with Gasteiger partial charge in [-0.3, -0.25) is 4.79 Å². The van der Waals surface area contributed by atoms with Crippen LogP contribution in [-0.2, 0) is 17.9 Å². The quantitative estimate of drug-likeness (QED) is 0.513. The van der Waals surface area contributed by atoms with E-state index in [1.54, 1.807) is 6.20 Å². The Morgan fingerprint density at radius 2 is 2.43 bits per heavy atom. The Morgan fingerprint density at radius 3 is 3.07 bits per heavy atom. The Bertz CT molecular complexity index is 299. The van der Waals surface area contributed by atoms with Crippen molar-refractivity contribution in [1.29, 1.82) is 0 Å². The Hall–Kier alpha value is -1.47. The summed E-state index contributed by atoms with van der Waals surface area (Å²) in [4.78, 5) is 10.2. The van der Waals surface area contributed by atoms with Crippen molar-refractivity contribution in [3.05, 3.63) is 11.9 Å². The normalized spacial score (nSPS) is 10.4. The molecule has 0 aromatic carbocycles. The van der Waals surface area contributed by atoms with Crippen LogP contribution in [0.1, 0.15) is 5.69 Å². The van der Waals surface area contributed by atoms with E-state index in [2.05, 4.69) is 15.6 Å². The molecule has 7 heteroatoms. The van der Waals surface area contributed by atoms with E-state index in [9.17, 15) is 4.79 Å². The smallest absolute Gasteiger partial charge is 0.317 e. The molecule has 0 spiro atoms. The lowest BCUT2D eigenvalue weighted by molar-refractivity contribution is -0.135. The summed E-state index contributed by atoms with van der Waals surface area (Å²) in [5.74, 6) is -0.909. The Morgan fingerprint density at radius 1 is 1.64 bits per heavy atom. The van der Waals surface area contributed by atoms with Gasteiger partial charge >= 0.3 is 5.97 Å². The molecule has 0 saturated heterocycles. The second-order valence-corrected chi connectivity index (χ2v) is 2.69. The lowest BCUT2D eigenvalue weighted by atomic mass is 10.4. The molecule has 0 unspecified atom stereocenters. The molecule has 0 amide bonds. The highest BCUT2D eigenvalue weighted by Gasteiger charge is 2.01. The zero-order valence-corrected chi connectivity index (χ0v) is 7.55. The number of carboxylic acids is 1. The monoisotopic (exact) mass is 200 g/mol. The van der Waals surface area contributed by atoms with Crippen LogP contribution in [0.5, 0.6) is 0 Å². The van der Waals surface area contributed by atoms with Crippen LogP contribution in [0.15, 0.2) is 6.20 Å². The average molecular weight is 200 g/mol. The third-order valence-corrected chi connectivity index (χ3v) is 1.50. The molecule has 1 aromatic heterocycles. The maximum atomic E-state index is 10.2. The average Bonchev–Trinajstić information content (AvgIpc) is 2.53. The zero-order chi connectivity index (χ0) is 10.4. The minimum Gasteiger partial charge on any atom is -0.480 e. The van der Waals surface area contributed by atoms with Gasteiger partial charge in [0, 0.05) is 12.7 Å². The van der Waals surface area contributed by atoms with E-state index < -0.39 is 5.97 Å².